The lowest BCUT2D eigenvalue weighted by molar-refractivity contribution is 0.673. The highest BCUT2D eigenvalue weighted by molar-refractivity contribution is 5.12. The molecule has 1 unspecified atom stereocenters. The fraction of sp³-hybridized carbons (Fsp3) is 0.333. The standard InChI is InChI=1S/C9H11N3/c10-6-9(7-11)5-8-1-3-12-4-2-8/h1-4,9H,5-6,10H2. The van der Waals surface area contributed by atoms with Crippen molar-refractivity contribution in [1.82, 2.24) is 4.98 Å². The first-order valence-corrected chi connectivity index (χ1v) is 3.85. The SMILES string of the molecule is N#CC(CN)Cc1ccncc1. The minimum Gasteiger partial charge on any atom is -0.329 e. The third-order valence-electron chi connectivity index (χ3n) is 1.70. The second kappa shape index (κ2) is 4.47. The van der Waals surface area contributed by atoms with Crippen molar-refractivity contribution in [2.75, 3.05) is 6.54 Å². The van der Waals surface area contributed by atoms with Gasteiger partial charge in [-0.25, -0.2) is 0 Å². The molecule has 62 valence electrons. The fourth-order valence-electron chi connectivity index (χ4n) is 0.985. The number of hydrogen-bond donors (Lipinski definition) is 1. The van der Waals surface area contributed by atoms with E-state index in [0.29, 0.717) is 6.54 Å². The first-order chi connectivity index (χ1) is 5.86. The molecule has 3 nitrogen and oxygen atoms in total. The Balaban J connectivity index is 2.58. The van der Waals surface area contributed by atoms with Gasteiger partial charge in [0.15, 0.2) is 0 Å². The van der Waals surface area contributed by atoms with Crippen molar-refractivity contribution in [2.45, 2.75) is 6.42 Å². The Hall–Kier alpha value is -1.40. The van der Waals surface area contributed by atoms with Gasteiger partial charge in [-0.15, -0.1) is 0 Å². The lowest BCUT2D eigenvalue weighted by Gasteiger charge is -2.04. The summed E-state index contributed by atoms with van der Waals surface area (Å²) in [5.74, 6) is -0.0765. The van der Waals surface area contributed by atoms with Crippen LogP contribution in [0.5, 0.6) is 0 Å². The molecule has 0 saturated heterocycles. The number of nitriles is 1. The van der Waals surface area contributed by atoms with E-state index in [1.807, 2.05) is 12.1 Å². The molecular weight excluding hydrogens is 150 g/mol. The summed E-state index contributed by atoms with van der Waals surface area (Å²) >= 11 is 0. The predicted octanol–water partition coefficient (Wildman–Crippen LogP) is 0.723. The number of hydrogen-bond acceptors (Lipinski definition) is 3. The van der Waals surface area contributed by atoms with Crippen molar-refractivity contribution in [3.05, 3.63) is 30.1 Å². The molecule has 1 aromatic rings. The van der Waals surface area contributed by atoms with Crippen molar-refractivity contribution in [3.8, 4) is 6.07 Å². The second-order valence-electron chi connectivity index (χ2n) is 2.62. The Morgan fingerprint density at radius 2 is 2.17 bits per heavy atom. The number of aromatic nitrogens is 1. The van der Waals surface area contributed by atoms with E-state index in [4.69, 9.17) is 11.0 Å². The van der Waals surface area contributed by atoms with Gasteiger partial charge < -0.3 is 5.73 Å². The molecule has 0 radical (unpaired) electrons. The lowest BCUT2D eigenvalue weighted by atomic mass is 10.0. The van der Waals surface area contributed by atoms with E-state index in [2.05, 4.69) is 11.1 Å². The second-order valence-corrected chi connectivity index (χ2v) is 2.62. The van der Waals surface area contributed by atoms with Crippen LogP contribution >= 0.6 is 0 Å². The molecule has 0 spiro atoms. The highest BCUT2D eigenvalue weighted by Crippen LogP contribution is 2.04. The normalized spacial score (nSPS) is 12.0. The first-order valence-electron chi connectivity index (χ1n) is 3.85. The Morgan fingerprint density at radius 1 is 1.50 bits per heavy atom. The monoisotopic (exact) mass is 161 g/mol. The maximum Gasteiger partial charge on any atom is 0.0672 e. The third-order valence-corrected chi connectivity index (χ3v) is 1.70. The van der Waals surface area contributed by atoms with E-state index in [0.717, 1.165) is 12.0 Å². The van der Waals surface area contributed by atoms with Crippen molar-refractivity contribution in [1.29, 1.82) is 5.26 Å². The molecule has 0 bridgehead atoms. The molecule has 12 heavy (non-hydrogen) atoms. The van der Waals surface area contributed by atoms with Crippen LogP contribution in [-0.2, 0) is 6.42 Å². The zero-order chi connectivity index (χ0) is 8.81. The van der Waals surface area contributed by atoms with Crippen molar-refractivity contribution in [3.63, 3.8) is 0 Å². The molecule has 1 aromatic heterocycles. The summed E-state index contributed by atoms with van der Waals surface area (Å²) in [5.41, 5.74) is 6.51. The summed E-state index contributed by atoms with van der Waals surface area (Å²) in [6.45, 7) is 0.415. The molecular formula is C9H11N3. The van der Waals surface area contributed by atoms with Crippen LogP contribution in [-0.4, -0.2) is 11.5 Å². The lowest BCUT2D eigenvalue weighted by Crippen LogP contribution is -2.14. The number of nitrogens with zero attached hydrogens (tertiary/aromatic N) is 2. The van der Waals surface area contributed by atoms with Crippen LogP contribution in [0.1, 0.15) is 5.56 Å². The Bertz CT molecular complexity index is 263. The highest BCUT2D eigenvalue weighted by Gasteiger charge is 2.04. The molecule has 2 N–H and O–H groups in total. The largest absolute Gasteiger partial charge is 0.329 e. The smallest absolute Gasteiger partial charge is 0.0672 e. The molecule has 1 heterocycles. The van der Waals surface area contributed by atoms with E-state index < -0.39 is 0 Å². The minimum absolute atomic E-state index is 0.0765. The molecule has 0 aliphatic rings. The van der Waals surface area contributed by atoms with Gasteiger partial charge in [0.2, 0.25) is 0 Å². The highest BCUT2D eigenvalue weighted by atomic mass is 14.6. The third kappa shape index (κ3) is 2.33. The summed E-state index contributed by atoms with van der Waals surface area (Å²) in [4.78, 5) is 3.89. The minimum atomic E-state index is -0.0765. The number of rotatable bonds is 3. The molecule has 0 aromatic carbocycles. The number of nitrogens with two attached hydrogens (primary N) is 1. The molecule has 0 fully saturated rings. The summed E-state index contributed by atoms with van der Waals surface area (Å²) in [6, 6.07) is 5.96. The molecule has 0 amide bonds. The van der Waals surface area contributed by atoms with E-state index >= 15 is 0 Å². The van der Waals surface area contributed by atoms with Crippen LogP contribution < -0.4 is 5.73 Å². The van der Waals surface area contributed by atoms with Gasteiger partial charge in [-0.2, -0.15) is 5.26 Å². The molecule has 1 rings (SSSR count). The van der Waals surface area contributed by atoms with Crippen LogP contribution in [0.3, 0.4) is 0 Å². The maximum atomic E-state index is 8.64. The summed E-state index contributed by atoms with van der Waals surface area (Å²) in [7, 11) is 0. The fourth-order valence-corrected chi connectivity index (χ4v) is 0.985. The zero-order valence-corrected chi connectivity index (χ0v) is 6.77. The van der Waals surface area contributed by atoms with Gasteiger partial charge in [0, 0.05) is 18.9 Å². The topological polar surface area (TPSA) is 62.7 Å². The average Bonchev–Trinajstić information content (AvgIpc) is 2.16. The first kappa shape index (κ1) is 8.69. The molecule has 1 atom stereocenters. The Kier molecular flexibility index (Phi) is 3.24. The molecule has 0 aliphatic heterocycles. The maximum absolute atomic E-state index is 8.64. The quantitative estimate of drug-likeness (QED) is 0.710. The summed E-state index contributed by atoms with van der Waals surface area (Å²) in [6.07, 6.45) is 4.16. The van der Waals surface area contributed by atoms with Gasteiger partial charge in [-0.3, -0.25) is 4.98 Å². The van der Waals surface area contributed by atoms with Gasteiger partial charge in [0.1, 0.15) is 0 Å². The Morgan fingerprint density at radius 3 is 2.67 bits per heavy atom. The van der Waals surface area contributed by atoms with Gasteiger partial charge in [-0.05, 0) is 24.1 Å². The van der Waals surface area contributed by atoms with Crippen LogP contribution in [0.25, 0.3) is 0 Å². The van der Waals surface area contributed by atoms with E-state index in [1.54, 1.807) is 12.4 Å². The van der Waals surface area contributed by atoms with Crippen LogP contribution in [0, 0.1) is 17.2 Å². The van der Waals surface area contributed by atoms with E-state index in [-0.39, 0.29) is 5.92 Å². The van der Waals surface area contributed by atoms with E-state index in [9.17, 15) is 0 Å². The van der Waals surface area contributed by atoms with E-state index in [1.165, 1.54) is 0 Å². The predicted molar refractivity (Wildman–Crippen MR) is 46.1 cm³/mol. The number of pyridine rings is 1. The van der Waals surface area contributed by atoms with Crippen molar-refractivity contribution in [2.24, 2.45) is 11.7 Å². The van der Waals surface area contributed by atoms with Crippen LogP contribution in [0.15, 0.2) is 24.5 Å². The van der Waals surface area contributed by atoms with Crippen molar-refractivity contribution >= 4 is 0 Å². The summed E-state index contributed by atoms with van der Waals surface area (Å²) < 4.78 is 0. The molecule has 3 heteroatoms. The van der Waals surface area contributed by atoms with Gasteiger partial charge >= 0.3 is 0 Å². The Labute approximate surface area is 71.8 Å². The van der Waals surface area contributed by atoms with Gasteiger partial charge in [-0.1, -0.05) is 0 Å². The van der Waals surface area contributed by atoms with Gasteiger partial charge in [0.25, 0.3) is 0 Å². The van der Waals surface area contributed by atoms with Crippen LogP contribution in [0.4, 0.5) is 0 Å². The molecule has 0 saturated carbocycles. The zero-order valence-electron chi connectivity index (χ0n) is 6.77. The molecule has 0 aliphatic carbocycles. The van der Waals surface area contributed by atoms with Gasteiger partial charge in [0.05, 0.1) is 12.0 Å². The average molecular weight is 161 g/mol. The summed E-state index contributed by atoms with van der Waals surface area (Å²) in [5, 5.41) is 8.64. The van der Waals surface area contributed by atoms with Crippen molar-refractivity contribution < 1.29 is 0 Å². The van der Waals surface area contributed by atoms with Crippen LogP contribution in [0.2, 0.25) is 0 Å².